The van der Waals surface area contributed by atoms with Crippen molar-refractivity contribution >= 4 is 53.7 Å². The molecule has 0 aromatic heterocycles. The van der Waals surface area contributed by atoms with Crippen molar-refractivity contribution in [1.29, 1.82) is 0 Å². The lowest BCUT2D eigenvalue weighted by molar-refractivity contribution is 0.0939. The van der Waals surface area contributed by atoms with Gasteiger partial charge >= 0.3 is 10.3 Å². The van der Waals surface area contributed by atoms with E-state index in [1.54, 1.807) is 18.2 Å². The largest absolute Gasteiger partial charge is 1.48 e. The molecule has 2 N–H and O–H groups in total. The lowest BCUT2D eigenvalue weighted by Gasteiger charge is -2.26. The van der Waals surface area contributed by atoms with E-state index in [1.165, 1.54) is 0 Å². The third-order valence-electron chi connectivity index (χ3n) is 2.12. The van der Waals surface area contributed by atoms with Crippen LogP contribution >= 0.6 is 43.4 Å². The smallest absolute Gasteiger partial charge is 0.333 e. The minimum Gasteiger partial charge on any atom is -1.48 e. The highest BCUT2D eigenvalue weighted by atomic mass is 127. The van der Waals surface area contributed by atoms with Crippen LogP contribution in [0.5, 0.6) is 11.5 Å². The topological polar surface area (TPSA) is 84.9 Å². The number of nitrogens with one attached hydrogen (secondary N) is 1. The van der Waals surface area contributed by atoms with Crippen molar-refractivity contribution in [3.05, 3.63) is 23.2 Å². The summed E-state index contributed by atoms with van der Waals surface area (Å²) in [6, 6.07) is 4.89. The van der Waals surface area contributed by atoms with E-state index in [-0.39, 0.29) is 13.2 Å². The lowest BCUT2D eigenvalue weighted by Crippen LogP contribution is -2.40. The quantitative estimate of drug-likeness (QED) is 0.319. The summed E-state index contributed by atoms with van der Waals surface area (Å²) in [5, 5.41) is 0.530. The van der Waals surface area contributed by atoms with Gasteiger partial charge in [0.25, 0.3) is 0 Å². The fourth-order valence-electron chi connectivity index (χ4n) is 1.39. The summed E-state index contributed by atoms with van der Waals surface area (Å²) < 4.78 is 43.2. The van der Waals surface area contributed by atoms with Crippen LogP contribution in [0.25, 0.3) is 0 Å². The third-order valence-corrected chi connectivity index (χ3v) is 2.88. The number of fused-ring (bicyclic) bond motifs is 1. The molecule has 0 aliphatic carbocycles. The van der Waals surface area contributed by atoms with Crippen molar-refractivity contribution in [2.75, 3.05) is 17.3 Å². The van der Waals surface area contributed by atoms with Gasteiger partial charge in [0, 0.05) is 11.1 Å². The number of hydrogen-bond donors (Lipinski definition) is 2. The van der Waals surface area contributed by atoms with Crippen molar-refractivity contribution in [2.24, 2.45) is 0 Å². The predicted octanol–water partition coefficient (Wildman–Crippen LogP) is 2.66. The number of rotatable bonds is 3. The van der Waals surface area contributed by atoms with Crippen LogP contribution in [-0.4, -0.2) is 36.4 Å². The van der Waals surface area contributed by atoms with E-state index < -0.39 is 16.4 Å². The lowest BCUT2D eigenvalue weighted by atomic mass is 10.2. The van der Waals surface area contributed by atoms with Crippen LogP contribution in [0.3, 0.4) is 0 Å². The molecular weight excluding hydrogens is 440 g/mol. The van der Waals surface area contributed by atoms with Gasteiger partial charge in [-0.05, 0) is 12.1 Å². The minimum atomic E-state index is -4.21. The van der Waals surface area contributed by atoms with Crippen LogP contribution < -0.4 is 14.2 Å². The summed E-state index contributed by atoms with van der Waals surface area (Å²) in [5.74, 6) is 1.00. The van der Waals surface area contributed by atoms with Crippen LogP contribution in [0.4, 0.5) is 0 Å². The van der Waals surface area contributed by atoms with Gasteiger partial charge in [-0.2, -0.15) is 35.7 Å². The molecule has 1 aromatic rings. The third kappa shape index (κ3) is 6.73. The van der Waals surface area contributed by atoms with Crippen molar-refractivity contribution in [2.45, 2.75) is 6.10 Å². The molecule has 0 bridgehead atoms. The molecule has 1 aromatic carbocycles. The van der Waals surface area contributed by atoms with Crippen molar-refractivity contribution in [3.63, 3.8) is 0 Å². The summed E-state index contributed by atoms with van der Waals surface area (Å²) >= 11 is 7.93. The number of alkyl halides is 1. The number of hydrogen-bond acceptors (Lipinski definition) is 4. The summed E-state index contributed by atoms with van der Waals surface area (Å²) in [6.07, 6.45) is -0.495. The van der Waals surface area contributed by atoms with E-state index in [0.717, 1.165) is 4.17 Å². The maximum atomic E-state index is 10.5. The normalized spacial score (nSPS) is 17.1. The van der Waals surface area contributed by atoms with Gasteiger partial charge < -0.3 is 22.9 Å². The second-order valence-corrected chi connectivity index (χ2v) is 7.55. The molecule has 0 amide bonds. The highest BCUT2D eigenvalue weighted by molar-refractivity contribution is 14.1. The van der Waals surface area contributed by atoms with E-state index in [2.05, 4.69) is 31.8 Å². The van der Waals surface area contributed by atoms with Crippen molar-refractivity contribution in [3.8, 4) is 11.5 Å². The first-order valence-corrected chi connectivity index (χ1v) is 9.31. The molecule has 1 aliphatic rings. The van der Waals surface area contributed by atoms with Gasteiger partial charge in [0.2, 0.25) is 0 Å². The van der Waals surface area contributed by atoms with Gasteiger partial charge in [-0.1, -0.05) is 11.6 Å². The molecule has 0 fully saturated rings. The van der Waals surface area contributed by atoms with Gasteiger partial charge in [0.05, 0.1) is 6.54 Å². The van der Waals surface area contributed by atoms with E-state index in [1.807, 2.05) is 4.72 Å². The molecule has 0 unspecified atom stereocenters. The Kier molecular flexibility index (Phi) is 7.78. The molecule has 0 saturated carbocycles. The molecular formula is C10H12ClINO5PS-2. The Labute approximate surface area is 138 Å². The Morgan fingerprint density at radius 2 is 2.15 bits per heavy atom. The molecule has 0 spiro atoms. The molecule has 114 valence electrons. The van der Waals surface area contributed by atoms with E-state index >= 15 is 0 Å². The number of halogens is 2. The van der Waals surface area contributed by atoms with Gasteiger partial charge in [-0.3, -0.25) is 4.55 Å². The maximum Gasteiger partial charge on any atom is 0.333 e. The molecule has 1 aliphatic heterocycles. The second kappa shape index (κ2) is 8.55. The maximum absolute atomic E-state index is 10.5. The zero-order chi connectivity index (χ0) is 15.2. The molecule has 6 nitrogen and oxygen atoms in total. The first-order chi connectivity index (χ1) is 9.35. The van der Waals surface area contributed by atoms with Crippen LogP contribution in [0.15, 0.2) is 18.2 Å². The zero-order valence-electron chi connectivity index (χ0n) is 10.1. The molecule has 20 heavy (non-hydrogen) atoms. The highest BCUT2D eigenvalue weighted by Crippen LogP contribution is 2.33. The molecule has 2 rings (SSSR count). The Bertz CT molecular complexity index is 544. The monoisotopic (exact) mass is 451 g/mol. The average molecular weight is 452 g/mol. The first kappa shape index (κ1) is 18.2. The van der Waals surface area contributed by atoms with Crippen LogP contribution in [0.1, 0.15) is 0 Å². The Hall–Kier alpha value is 0.140. The molecule has 10 heteroatoms. The molecule has 0 radical (unpaired) electrons. The Morgan fingerprint density at radius 1 is 1.50 bits per heavy atom. The Morgan fingerprint density at radius 3 is 2.75 bits per heavy atom. The Balaban J connectivity index is 0.000000612. The van der Waals surface area contributed by atoms with Crippen LogP contribution in [0, 0.1) is 0 Å². The van der Waals surface area contributed by atoms with Crippen LogP contribution in [0.2, 0.25) is 5.02 Å². The minimum absolute atomic E-state index is 0.0686. The molecule has 1 atom stereocenters. The first-order valence-electron chi connectivity index (χ1n) is 5.33. The number of ether oxygens (including phenoxy) is 2. The standard InChI is InChI=1S/C9H10ClNO5S.CH2IP/c10-6-1-2-8-9(3-6)15-5-7(16-8)4-11-17(12,13)14;2-1-3/h1-3,7,11H,4-5H2,(H,12,13,14);1H2/q;-2/t7-;/m0./s1. The van der Waals surface area contributed by atoms with Gasteiger partial charge in [0.1, 0.15) is 12.7 Å². The van der Waals surface area contributed by atoms with E-state index in [4.69, 9.17) is 25.6 Å². The van der Waals surface area contributed by atoms with Gasteiger partial charge in [0.15, 0.2) is 11.5 Å². The van der Waals surface area contributed by atoms with E-state index in [0.29, 0.717) is 16.5 Å². The van der Waals surface area contributed by atoms with Gasteiger partial charge in [-0.15, -0.1) is 0 Å². The summed E-state index contributed by atoms with van der Waals surface area (Å²) in [4.78, 5) is 0. The highest BCUT2D eigenvalue weighted by Gasteiger charge is 2.22. The van der Waals surface area contributed by atoms with Crippen molar-refractivity contribution < 1.29 is 22.4 Å². The summed E-state index contributed by atoms with van der Waals surface area (Å²) in [6.45, 7) is 0.108. The molecule has 1 heterocycles. The molecule has 0 saturated heterocycles. The van der Waals surface area contributed by atoms with Crippen LogP contribution in [-0.2, 0) is 10.3 Å². The summed E-state index contributed by atoms with van der Waals surface area (Å²) in [7, 11) is -0.439. The van der Waals surface area contributed by atoms with Crippen molar-refractivity contribution in [1.82, 2.24) is 4.72 Å². The SMILES string of the molecule is O=S(=O)(O)NC[C@H]1COc2cc(Cl)ccc2O1.[P-2]CI. The fraction of sp³-hybridized carbons (Fsp3) is 0.400. The second-order valence-electron chi connectivity index (χ2n) is 3.58. The predicted molar refractivity (Wildman–Crippen MR) is 86.7 cm³/mol. The zero-order valence-corrected chi connectivity index (χ0v) is 14.7. The average Bonchev–Trinajstić information content (AvgIpc) is 2.36. The van der Waals surface area contributed by atoms with E-state index in [9.17, 15) is 8.42 Å². The summed E-state index contributed by atoms with van der Waals surface area (Å²) in [5.41, 5.74) is 0. The fourth-order valence-corrected chi connectivity index (χ4v) is 1.95. The van der Waals surface area contributed by atoms with Gasteiger partial charge in [-0.25, -0.2) is 0 Å². The number of benzene rings is 1.